The van der Waals surface area contributed by atoms with Gasteiger partial charge in [0, 0.05) is 12.0 Å². The number of nitrogens with one attached hydrogen (secondary N) is 1. The van der Waals surface area contributed by atoms with Gasteiger partial charge in [-0.3, -0.25) is 9.29 Å². The SMILES string of the molecule is COc1ncnc(OC)c1-n1c(NS(=O)(=O)[C@@H](C)Cc2ncc(F)cn2)nnc1-c1ccccc1. The molecular weight excluding hydrogens is 479 g/mol. The fraction of sp³-hybridized carbons (Fsp3) is 0.238. The van der Waals surface area contributed by atoms with E-state index in [1.165, 1.54) is 32.0 Å². The summed E-state index contributed by atoms with van der Waals surface area (Å²) in [7, 11) is -1.21. The summed E-state index contributed by atoms with van der Waals surface area (Å²) in [6, 6.07) is 9.02. The molecule has 4 rings (SSSR count). The Kier molecular flexibility index (Phi) is 6.82. The summed E-state index contributed by atoms with van der Waals surface area (Å²) in [5.41, 5.74) is 0.847. The zero-order chi connectivity index (χ0) is 25.0. The van der Waals surface area contributed by atoms with Crippen molar-refractivity contribution >= 4 is 16.0 Å². The van der Waals surface area contributed by atoms with Crippen molar-refractivity contribution in [2.45, 2.75) is 18.6 Å². The molecule has 0 radical (unpaired) electrons. The summed E-state index contributed by atoms with van der Waals surface area (Å²) in [5, 5.41) is 7.29. The first kappa shape index (κ1) is 23.9. The van der Waals surface area contributed by atoms with Crippen LogP contribution < -0.4 is 14.2 Å². The summed E-state index contributed by atoms with van der Waals surface area (Å²) in [5.74, 6) is -0.0529. The first-order valence-corrected chi connectivity index (χ1v) is 11.8. The summed E-state index contributed by atoms with van der Waals surface area (Å²) in [6.07, 6.45) is 3.15. The van der Waals surface area contributed by atoms with Gasteiger partial charge in [0.1, 0.15) is 12.2 Å². The van der Waals surface area contributed by atoms with Crippen molar-refractivity contribution in [1.29, 1.82) is 0 Å². The number of halogens is 1. The van der Waals surface area contributed by atoms with Crippen LogP contribution in [0.5, 0.6) is 11.8 Å². The van der Waals surface area contributed by atoms with Gasteiger partial charge in [-0.15, -0.1) is 10.2 Å². The van der Waals surface area contributed by atoms with Gasteiger partial charge in [0.2, 0.25) is 27.7 Å². The van der Waals surface area contributed by atoms with Crippen LogP contribution in [0, 0.1) is 5.82 Å². The van der Waals surface area contributed by atoms with Gasteiger partial charge >= 0.3 is 0 Å². The predicted octanol–water partition coefficient (Wildman–Crippen LogP) is 2.04. The third kappa shape index (κ3) is 5.01. The Morgan fingerprint density at radius 2 is 1.63 bits per heavy atom. The first-order valence-electron chi connectivity index (χ1n) is 10.3. The molecule has 12 nitrogen and oxygen atoms in total. The maximum absolute atomic E-state index is 13.2. The number of hydrogen-bond acceptors (Lipinski definition) is 10. The Labute approximate surface area is 200 Å². The molecule has 0 aliphatic heterocycles. The van der Waals surface area contributed by atoms with E-state index in [1.54, 1.807) is 24.3 Å². The Hall–Kier alpha value is -4.20. The van der Waals surface area contributed by atoms with E-state index in [-0.39, 0.29) is 35.6 Å². The Morgan fingerprint density at radius 1 is 1.00 bits per heavy atom. The topological polar surface area (TPSA) is 147 Å². The average molecular weight is 501 g/mol. The van der Waals surface area contributed by atoms with Gasteiger partial charge < -0.3 is 9.47 Å². The van der Waals surface area contributed by atoms with Gasteiger partial charge in [-0.1, -0.05) is 30.3 Å². The molecule has 0 saturated heterocycles. The predicted molar refractivity (Wildman–Crippen MR) is 123 cm³/mol. The van der Waals surface area contributed by atoms with Gasteiger partial charge in [0.15, 0.2) is 17.3 Å². The van der Waals surface area contributed by atoms with Crippen molar-refractivity contribution in [3.63, 3.8) is 0 Å². The molecule has 3 heterocycles. The molecule has 4 aromatic rings. The van der Waals surface area contributed by atoms with E-state index in [9.17, 15) is 12.8 Å². The molecule has 0 amide bonds. The highest BCUT2D eigenvalue weighted by atomic mass is 32.2. The lowest BCUT2D eigenvalue weighted by atomic mass is 10.2. The minimum atomic E-state index is -4.03. The van der Waals surface area contributed by atoms with Gasteiger partial charge in [-0.25, -0.2) is 22.8 Å². The maximum Gasteiger partial charge on any atom is 0.245 e. The normalized spacial score (nSPS) is 12.2. The van der Waals surface area contributed by atoms with Crippen LogP contribution in [0.2, 0.25) is 0 Å². The molecule has 0 fully saturated rings. The lowest BCUT2D eigenvalue weighted by molar-refractivity contribution is 0.368. The zero-order valence-corrected chi connectivity index (χ0v) is 19.8. The van der Waals surface area contributed by atoms with Crippen LogP contribution in [0.3, 0.4) is 0 Å². The number of nitrogens with zero attached hydrogens (tertiary/aromatic N) is 7. The fourth-order valence-electron chi connectivity index (χ4n) is 3.21. The lowest BCUT2D eigenvalue weighted by Gasteiger charge is -2.17. The second-order valence-corrected chi connectivity index (χ2v) is 9.37. The van der Waals surface area contributed by atoms with Gasteiger partial charge in [-0.05, 0) is 6.92 Å². The third-order valence-corrected chi connectivity index (χ3v) is 6.66. The van der Waals surface area contributed by atoms with E-state index in [0.717, 1.165) is 12.4 Å². The number of sulfonamides is 1. The molecule has 0 spiro atoms. The number of ether oxygens (including phenoxy) is 2. The molecule has 0 bridgehead atoms. The highest BCUT2D eigenvalue weighted by Gasteiger charge is 2.29. The van der Waals surface area contributed by atoms with Crippen LogP contribution in [0.25, 0.3) is 17.1 Å². The molecule has 0 aliphatic carbocycles. The molecular formula is C21H21FN8O4S. The maximum atomic E-state index is 13.2. The standard InChI is InChI=1S/C21H21FN8O4S/c1-13(9-16-23-10-15(22)11-24-16)35(31,32)29-21-28-27-18(14-7-5-4-6-8-14)30(21)17-19(33-2)25-12-26-20(17)34-3/h4-8,10-13H,9H2,1-3H3,(H,28,29)/t13-/m0/s1. The second-order valence-electron chi connectivity index (χ2n) is 7.27. The molecule has 182 valence electrons. The number of rotatable bonds is 9. The fourth-order valence-corrected chi connectivity index (χ4v) is 4.17. The quantitative estimate of drug-likeness (QED) is 0.362. The molecule has 0 unspecified atom stereocenters. The highest BCUT2D eigenvalue weighted by Crippen LogP contribution is 2.35. The minimum Gasteiger partial charge on any atom is -0.479 e. The van der Waals surface area contributed by atoms with Crippen molar-refractivity contribution in [1.82, 2.24) is 34.7 Å². The van der Waals surface area contributed by atoms with E-state index >= 15 is 0 Å². The monoisotopic (exact) mass is 500 g/mol. The van der Waals surface area contributed by atoms with E-state index in [4.69, 9.17) is 9.47 Å². The molecule has 0 aliphatic rings. The van der Waals surface area contributed by atoms with Crippen LogP contribution in [0.4, 0.5) is 10.3 Å². The minimum absolute atomic E-state index is 0.0591. The van der Waals surface area contributed by atoms with E-state index in [2.05, 4.69) is 34.9 Å². The summed E-state index contributed by atoms with van der Waals surface area (Å²) in [6.45, 7) is 1.47. The number of hydrogen-bond donors (Lipinski definition) is 1. The molecule has 35 heavy (non-hydrogen) atoms. The summed E-state index contributed by atoms with van der Waals surface area (Å²) < 4.78 is 54.2. The second kappa shape index (κ2) is 9.97. The number of aromatic nitrogens is 7. The summed E-state index contributed by atoms with van der Waals surface area (Å²) in [4.78, 5) is 15.9. The number of benzene rings is 1. The van der Waals surface area contributed by atoms with Crippen molar-refractivity contribution in [2.24, 2.45) is 0 Å². The average Bonchev–Trinajstić information content (AvgIpc) is 3.27. The largest absolute Gasteiger partial charge is 0.479 e. The van der Waals surface area contributed by atoms with Gasteiger partial charge in [-0.2, -0.15) is 9.97 Å². The highest BCUT2D eigenvalue weighted by molar-refractivity contribution is 7.93. The van der Waals surface area contributed by atoms with Crippen molar-refractivity contribution in [2.75, 3.05) is 18.9 Å². The van der Waals surface area contributed by atoms with Crippen LogP contribution >= 0.6 is 0 Å². The van der Waals surface area contributed by atoms with E-state index in [1.807, 2.05) is 6.07 Å². The molecule has 14 heteroatoms. The van der Waals surface area contributed by atoms with Gasteiger partial charge in [0.25, 0.3) is 0 Å². The number of anilines is 1. The van der Waals surface area contributed by atoms with Crippen LogP contribution in [0.1, 0.15) is 12.7 Å². The number of methoxy groups -OCH3 is 2. The molecule has 1 atom stereocenters. The zero-order valence-electron chi connectivity index (χ0n) is 19.0. The van der Waals surface area contributed by atoms with Crippen molar-refractivity contribution < 1.29 is 22.3 Å². The Balaban J connectivity index is 1.79. The van der Waals surface area contributed by atoms with E-state index in [0.29, 0.717) is 11.4 Å². The summed E-state index contributed by atoms with van der Waals surface area (Å²) >= 11 is 0. The van der Waals surface area contributed by atoms with Crippen molar-refractivity contribution in [3.8, 4) is 28.8 Å². The Bertz CT molecular complexity index is 1390. The molecule has 0 saturated carbocycles. The lowest BCUT2D eigenvalue weighted by Crippen LogP contribution is -2.29. The smallest absolute Gasteiger partial charge is 0.245 e. The van der Waals surface area contributed by atoms with Crippen LogP contribution in [-0.4, -0.2) is 62.6 Å². The third-order valence-electron chi connectivity index (χ3n) is 4.97. The van der Waals surface area contributed by atoms with Crippen LogP contribution in [-0.2, 0) is 16.4 Å². The molecule has 1 N–H and O–H groups in total. The van der Waals surface area contributed by atoms with Gasteiger partial charge in [0.05, 0.1) is 31.9 Å². The molecule has 1 aromatic carbocycles. The van der Waals surface area contributed by atoms with E-state index < -0.39 is 21.1 Å². The van der Waals surface area contributed by atoms with Crippen LogP contribution in [0.15, 0.2) is 49.1 Å². The van der Waals surface area contributed by atoms with Crippen molar-refractivity contribution in [3.05, 3.63) is 60.7 Å². The molecule has 3 aromatic heterocycles. The Morgan fingerprint density at radius 3 is 2.23 bits per heavy atom. The first-order chi connectivity index (χ1) is 16.8.